The van der Waals surface area contributed by atoms with Gasteiger partial charge < -0.3 is 0 Å². The van der Waals surface area contributed by atoms with Crippen LogP contribution in [0.15, 0.2) is 95.5 Å². The molecule has 0 atom stereocenters. The van der Waals surface area contributed by atoms with Crippen LogP contribution in [0.4, 0.5) is 0 Å². The number of halogens is 1. The normalized spacial score (nSPS) is 11.3. The van der Waals surface area contributed by atoms with Gasteiger partial charge in [0.05, 0.1) is 0 Å². The van der Waals surface area contributed by atoms with Crippen molar-refractivity contribution in [3.8, 4) is 22.3 Å². The van der Waals surface area contributed by atoms with E-state index in [0.29, 0.717) is 0 Å². The molecule has 4 aromatic carbocycles. The summed E-state index contributed by atoms with van der Waals surface area (Å²) in [5.41, 5.74) is 5.12. The minimum Gasteiger partial charge on any atom is -0.135 e. The van der Waals surface area contributed by atoms with E-state index in [1.54, 1.807) is 0 Å². The Balaban J connectivity index is 1.86. The third kappa shape index (κ3) is 2.57. The van der Waals surface area contributed by atoms with Crippen molar-refractivity contribution in [1.82, 2.24) is 0 Å². The second-order valence-electron chi connectivity index (χ2n) is 6.34. The summed E-state index contributed by atoms with van der Waals surface area (Å²) in [5.74, 6) is 0. The van der Waals surface area contributed by atoms with Gasteiger partial charge in [-0.2, -0.15) is 0 Å². The van der Waals surface area contributed by atoms with Crippen molar-refractivity contribution in [2.24, 2.45) is 0 Å². The van der Waals surface area contributed by atoms with Crippen LogP contribution in [0.2, 0.25) is 0 Å². The summed E-state index contributed by atoms with van der Waals surface area (Å²) in [4.78, 5) is 0. The Morgan fingerprint density at radius 3 is 2.19 bits per heavy atom. The molecule has 0 aliphatic rings. The molecular weight excluding hydrogens is 400 g/mol. The Bertz CT molecular complexity index is 1240. The quantitative estimate of drug-likeness (QED) is 0.273. The molecule has 0 fully saturated rings. The Morgan fingerprint density at radius 2 is 1.35 bits per heavy atom. The zero-order valence-corrected chi connectivity index (χ0v) is 16.3. The van der Waals surface area contributed by atoms with E-state index >= 15 is 0 Å². The number of hydrogen-bond donors (Lipinski definition) is 0. The molecule has 5 aromatic rings. The van der Waals surface area contributed by atoms with Crippen LogP contribution < -0.4 is 0 Å². The lowest BCUT2D eigenvalue weighted by molar-refractivity contribution is 1.63. The van der Waals surface area contributed by atoms with Crippen LogP contribution >= 0.6 is 27.3 Å². The number of thiophene rings is 1. The van der Waals surface area contributed by atoms with Crippen molar-refractivity contribution >= 4 is 47.4 Å². The lowest BCUT2D eigenvalue weighted by Crippen LogP contribution is -1.80. The minimum absolute atomic E-state index is 1.11. The van der Waals surface area contributed by atoms with Gasteiger partial charge in [0.2, 0.25) is 0 Å². The van der Waals surface area contributed by atoms with Gasteiger partial charge in [-0.3, -0.25) is 0 Å². The van der Waals surface area contributed by atoms with Crippen LogP contribution in [-0.4, -0.2) is 0 Å². The molecule has 0 spiro atoms. The summed E-state index contributed by atoms with van der Waals surface area (Å²) in [5, 5.41) is 2.69. The molecule has 0 saturated heterocycles. The Hall–Kier alpha value is -2.42. The van der Waals surface area contributed by atoms with E-state index in [4.69, 9.17) is 0 Å². The maximum absolute atomic E-state index is 3.61. The molecule has 0 saturated carbocycles. The molecule has 0 bridgehead atoms. The van der Waals surface area contributed by atoms with E-state index in [0.717, 1.165) is 4.47 Å². The van der Waals surface area contributed by atoms with Crippen LogP contribution in [0.1, 0.15) is 0 Å². The van der Waals surface area contributed by atoms with Crippen LogP contribution in [0.5, 0.6) is 0 Å². The fourth-order valence-electron chi connectivity index (χ4n) is 3.59. The van der Waals surface area contributed by atoms with Gasteiger partial charge in [-0.05, 0) is 40.5 Å². The van der Waals surface area contributed by atoms with E-state index in [1.165, 1.54) is 42.4 Å². The first-order chi connectivity index (χ1) is 12.8. The third-order valence-electron chi connectivity index (χ3n) is 4.74. The van der Waals surface area contributed by atoms with Gasteiger partial charge >= 0.3 is 0 Å². The minimum atomic E-state index is 1.11. The highest BCUT2D eigenvalue weighted by Gasteiger charge is 2.13. The summed E-state index contributed by atoms with van der Waals surface area (Å²) in [6.45, 7) is 0. The molecule has 124 valence electrons. The van der Waals surface area contributed by atoms with Crippen molar-refractivity contribution < 1.29 is 0 Å². The molecule has 0 aliphatic carbocycles. The first-order valence-corrected chi connectivity index (χ1v) is 10.2. The van der Waals surface area contributed by atoms with E-state index in [1.807, 2.05) is 11.3 Å². The second-order valence-corrected chi connectivity index (χ2v) is 8.31. The number of benzene rings is 4. The molecule has 26 heavy (non-hydrogen) atoms. The first kappa shape index (κ1) is 15.8. The second kappa shape index (κ2) is 6.39. The molecule has 1 aromatic heterocycles. The number of rotatable bonds is 2. The largest absolute Gasteiger partial charge is 0.135 e. The first-order valence-electron chi connectivity index (χ1n) is 8.57. The topological polar surface area (TPSA) is 0 Å². The van der Waals surface area contributed by atoms with E-state index in [9.17, 15) is 0 Å². The Kier molecular flexibility index (Phi) is 3.88. The van der Waals surface area contributed by atoms with E-state index in [2.05, 4.69) is 107 Å². The highest BCUT2D eigenvalue weighted by atomic mass is 79.9. The molecule has 2 heteroatoms. The van der Waals surface area contributed by atoms with E-state index < -0.39 is 0 Å². The smallest absolute Gasteiger partial charge is 0.0434 e. The molecule has 0 N–H and O–H groups in total. The summed E-state index contributed by atoms with van der Waals surface area (Å²) in [6, 6.07) is 32.5. The zero-order valence-electron chi connectivity index (χ0n) is 13.9. The van der Waals surface area contributed by atoms with Crippen LogP contribution in [-0.2, 0) is 0 Å². The van der Waals surface area contributed by atoms with Crippen molar-refractivity contribution in [1.29, 1.82) is 0 Å². The molecule has 1 heterocycles. The van der Waals surface area contributed by atoms with Crippen molar-refractivity contribution in [2.45, 2.75) is 0 Å². The average Bonchev–Trinajstić information content (AvgIpc) is 3.07. The fourth-order valence-corrected chi connectivity index (χ4v) is 5.25. The summed E-state index contributed by atoms with van der Waals surface area (Å²) < 4.78 is 3.80. The van der Waals surface area contributed by atoms with Gasteiger partial charge in [-0.15, -0.1) is 11.3 Å². The molecule has 0 unspecified atom stereocenters. The lowest BCUT2D eigenvalue weighted by atomic mass is 9.97. The monoisotopic (exact) mass is 414 g/mol. The van der Waals surface area contributed by atoms with Gasteiger partial charge in [0.1, 0.15) is 0 Å². The number of fused-ring (bicyclic) bond motifs is 3. The van der Waals surface area contributed by atoms with Crippen LogP contribution in [0.25, 0.3) is 42.4 Å². The predicted molar refractivity (Wildman–Crippen MR) is 118 cm³/mol. The van der Waals surface area contributed by atoms with Gasteiger partial charge in [-0.1, -0.05) is 88.7 Å². The molecule has 0 radical (unpaired) electrons. The summed E-state index contributed by atoms with van der Waals surface area (Å²) >= 11 is 5.49. The number of hydrogen-bond acceptors (Lipinski definition) is 1. The summed E-state index contributed by atoms with van der Waals surface area (Å²) in [7, 11) is 0. The highest BCUT2D eigenvalue weighted by molar-refractivity contribution is 9.10. The maximum atomic E-state index is 3.61. The molecule has 0 amide bonds. The van der Waals surface area contributed by atoms with Crippen molar-refractivity contribution in [2.75, 3.05) is 0 Å². The SMILES string of the molecule is Brc1cccc(-c2cccc3sc4c(-c5ccccc5)cccc4c23)c1. The molecular formula is C24H15BrS. The predicted octanol–water partition coefficient (Wildman–Crippen LogP) is 8.15. The lowest BCUT2D eigenvalue weighted by Gasteiger charge is -2.06. The molecule has 0 aliphatic heterocycles. The Labute approximate surface area is 164 Å². The maximum Gasteiger partial charge on any atom is 0.0434 e. The Morgan fingerprint density at radius 1 is 0.615 bits per heavy atom. The third-order valence-corrected chi connectivity index (χ3v) is 6.44. The average molecular weight is 415 g/mol. The zero-order chi connectivity index (χ0) is 17.5. The molecule has 5 rings (SSSR count). The van der Waals surface area contributed by atoms with Crippen LogP contribution in [0.3, 0.4) is 0 Å². The van der Waals surface area contributed by atoms with Crippen molar-refractivity contribution in [3.05, 3.63) is 95.5 Å². The van der Waals surface area contributed by atoms with Gasteiger partial charge in [0, 0.05) is 24.6 Å². The highest BCUT2D eigenvalue weighted by Crippen LogP contribution is 2.43. The van der Waals surface area contributed by atoms with Crippen molar-refractivity contribution in [3.63, 3.8) is 0 Å². The molecule has 0 nitrogen and oxygen atoms in total. The van der Waals surface area contributed by atoms with Gasteiger partial charge in [0.15, 0.2) is 0 Å². The fraction of sp³-hybridized carbons (Fsp3) is 0. The summed E-state index contributed by atoms with van der Waals surface area (Å²) in [6.07, 6.45) is 0. The van der Waals surface area contributed by atoms with E-state index in [-0.39, 0.29) is 0 Å². The van der Waals surface area contributed by atoms with Gasteiger partial charge in [-0.25, -0.2) is 0 Å². The van der Waals surface area contributed by atoms with Crippen LogP contribution in [0, 0.1) is 0 Å². The standard InChI is InChI=1S/C24H15BrS/c25-18-10-4-9-17(15-18)19-11-6-14-22-23(19)21-13-5-12-20(24(21)26-22)16-7-2-1-3-8-16/h1-15H. The van der Waals surface area contributed by atoms with Gasteiger partial charge in [0.25, 0.3) is 0 Å².